The van der Waals surface area contributed by atoms with Gasteiger partial charge in [0.15, 0.2) is 6.29 Å². The lowest BCUT2D eigenvalue weighted by Crippen LogP contribution is -2.33. The van der Waals surface area contributed by atoms with E-state index in [0.717, 1.165) is 16.7 Å². The van der Waals surface area contributed by atoms with Gasteiger partial charge in [0.25, 0.3) is 0 Å². The fourth-order valence-corrected chi connectivity index (χ4v) is 3.29. The molecule has 1 aromatic carbocycles. The second-order valence-corrected chi connectivity index (χ2v) is 6.45. The van der Waals surface area contributed by atoms with E-state index in [9.17, 15) is 0 Å². The lowest BCUT2D eigenvalue weighted by Gasteiger charge is -2.13. The average molecular weight is 341 g/mol. The van der Waals surface area contributed by atoms with Crippen molar-refractivity contribution in [1.29, 1.82) is 0 Å². The minimum atomic E-state index is -1.43. The zero-order chi connectivity index (χ0) is 16.8. The molecule has 0 amide bonds. The van der Waals surface area contributed by atoms with Gasteiger partial charge in [-0.3, -0.25) is 10.3 Å². The van der Waals surface area contributed by atoms with Gasteiger partial charge in [-0.1, -0.05) is 42.1 Å². The van der Waals surface area contributed by atoms with Crippen LogP contribution in [0.4, 0.5) is 0 Å². The number of thioether (sulfide) groups is 1. The molecule has 0 aliphatic carbocycles. The van der Waals surface area contributed by atoms with E-state index in [2.05, 4.69) is 15.6 Å². The molecule has 1 aromatic heterocycles. The first kappa shape index (κ1) is 16.7. The van der Waals surface area contributed by atoms with E-state index in [-0.39, 0.29) is 5.50 Å². The molecule has 1 aliphatic rings. The standard InChI is InChI=1S/C18H19N3O2S/c22-17(23)5-4-13-2-1-3-14(10-13)11-20-18-21-12-16(24-18)15-6-8-19-9-7-15/h1-10,12,17-18,20-23H,11H2/b5-4+. The van der Waals surface area contributed by atoms with Gasteiger partial charge in [0, 0.05) is 30.0 Å². The van der Waals surface area contributed by atoms with Gasteiger partial charge in [-0.05, 0) is 34.9 Å². The molecule has 2 heterocycles. The average Bonchev–Trinajstić information content (AvgIpc) is 3.08. The number of hydrogen-bond donors (Lipinski definition) is 4. The Balaban J connectivity index is 1.53. The Morgan fingerprint density at radius 3 is 2.88 bits per heavy atom. The van der Waals surface area contributed by atoms with E-state index in [1.165, 1.54) is 11.0 Å². The molecule has 0 saturated carbocycles. The molecule has 1 aliphatic heterocycles. The van der Waals surface area contributed by atoms with Crippen molar-refractivity contribution in [3.05, 3.63) is 77.8 Å². The molecule has 1 atom stereocenters. The third-order valence-electron chi connectivity index (χ3n) is 3.48. The molecule has 0 bridgehead atoms. The van der Waals surface area contributed by atoms with Crippen LogP contribution < -0.4 is 10.6 Å². The summed E-state index contributed by atoms with van der Waals surface area (Å²) in [4.78, 5) is 5.22. The van der Waals surface area contributed by atoms with Crippen molar-refractivity contribution in [3.8, 4) is 0 Å². The van der Waals surface area contributed by atoms with Crippen molar-refractivity contribution in [3.63, 3.8) is 0 Å². The summed E-state index contributed by atoms with van der Waals surface area (Å²) in [5, 5.41) is 24.5. The molecule has 2 aromatic rings. The van der Waals surface area contributed by atoms with Gasteiger partial charge in [-0.25, -0.2) is 0 Å². The van der Waals surface area contributed by atoms with Crippen LogP contribution in [-0.2, 0) is 6.54 Å². The SMILES string of the molecule is OC(O)/C=C/c1cccc(CNC2NC=C(c3ccncc3)S2)c1. The first-order valence-corrected chi connectivity index (χ1v) is 8.48. The molecule has 0 fully saturated rings. The van der Waals surface area contributed by atoms with Crippen LogP contribution in [0.1, 0.15) is 16.7 Å². The zero-order valence-corrected chi connectivity index (χ0v) is 13.8. The fourth-order valence-electron chi connectivity index (χ4n) is 2.33. The van der Waals surface area contributed by atoms with Gasteiger partial charge in [0.2, 0.25) is 0 Å². The van der Waals surface area contributed by atoms with E-state index in [0.29, 0.717) is 6.54 Å². The van der Waals surface area contributed by atoms with Crippen LogP contribution in [0.15, 0.2) is 61.1 Å². The number of hydrogen-bond acceptors (Lipinski definition) is 6. The second-order valence-electron chi connectivity index (χ2n) is 5.31. The third-order valence-corrected chi connectivity index (χ3v) is 4.62. The second kappa shape index (κ2) is 8.12. The van der Waals surface area contributed by atoms with Gasteiger partial charge in [-0.15, -0.1) is 0 Å². The summed E-state index contributed by atoms with van der Waals surface area (Å²) in [6.07, 6.45) is 7.20. The van der Waals surface area contributed by atoms with Crippen LogP contribution in [0.3, 0.4) is 0 Å². The Morgan fingerprint density at radius 2 is 2.08 bits per heavy atom. The van der Waals surface area contributed by atoms with Crippen LogP contribution in [-0.4, -0.2) is 27.0 Å². The summed E-state index contributed by atoms with van der Waals surface area (Å²) in [7, 11) is 0. The molecule has 1 unspecified atom stereocenters. The zero-order valence-electron chi connectivity index (χ0n) is 13.0. The molecule has 124 valence electrons. The highest BCUT2D eigenvalue weighted by Gasteiger charge is 2.17. The van der Waals surface area contributed by atoms with Crippen molar-refractivity contribution in [1.82, 2.24) is 15.6 Å². The van der Waals surface area contributed by atoms with Crippen LogP contribution in [0.25, 0.3) is 11.0 Å². The molecule has 0 radical (unpaired) electrons. The molecule has 0 spiro atoms. The first-order chi connectivity index (χ1) is 11.7. The summed E-state index contributed by atoms with van der Waals surface area (Å²) in [5.74, 6) is 0. The summed E-state index contributed by atoms with van der Waals surface area (Å²) < 4.78 is 0. The number of nitrogens with zero attached hydrogens (tertiary/aromatic N) is 1. The Bertz CT molecular complexity index is 732. The third kappa shape index (κ3) is 4.69. The number of aromatic nitrogens is 1. The fraction of sp³-hybridized carbons (Fsp3) is 0.167. The number of benzene rings is 1. The highest BCUT2D eigenvalue weighted by Crippen LogP contribution is 2.32. The molecular weight excluding hydrogens is 322 g/mol. The Hall–Kier alpha value is -2.12. The number of nitrogens with one attached hydrogen (secondary N) is 2. The summed E-state index contributed by atoms with van der Waals surface area (Å²) in [6, 6.07) is 11.9. The van der Waals surface area contributed by atoms with E-state index >= 15 is 0 Å². The number of rotatable bonds is 6. The van der Waals surface area contributed by atoms with Crippen LogP contribution in [0.2, 0.25) is 0 Å². The number of aliphatic hydroxyl groups is 2. The highest BCUT2D eigenvalue weighted by molar-refractivity contribution is 8.09. The largest absolute Gasteiger partial charge is 0.366 e. The highest BCUT2D eigenvalue weighted by atomic mass is 32.2. The van der Waals surface area contributed by atoms with E-state index < -0.39 is 6.29 Å². The summed E-state index contributed by atoms with van der Waals surface area (Å²) in [6.45, 7) is 0.714. The maximum absolute atomic E-state index is 8.88. The van der Waals surface area contributed by atoms with Crippen molar-refractivity contribution in [2.75, 3.05) is 0 Å². The molecular formula is C18H19N3O2S. The van der Waals surface area contributed by atoms with Crippen molar-refractivity contribution >= 4 is 22.7 Å². The van der Waals surface area contributed by atoms with Gasteiger partial charge >= 0.3 is 0 Å². The molecule has 6 heteroatoms. The van der Waals surface area contributed by atoms with E-state index in [1.54, 1.807) is 30.2 Å². The summed E-state index contributed by atoms with van der Waals surface area (Å²) >= 11 is 1.73. The van der Waals surface area contributed by atoms with Crippen molar-refractivity contribution < 1.29 is 10.2 Å². The van der Waals surface area contributed by atoms with E-state index in [1.807, 2.05) is 42.6 Å². The van der Waals surface area contributed by atoms with Gasteiger partial charge in [-0.2, -0.15) is 0 Å². The predicted octanol–water partition coefficient (Wildman–Crippen LogP) is 2.11. The maximum atomic E-state index is 8.88. The molecule has 5 nitrogen and oxygen atoms in total. The van der Waals surface area contributed by atoms with E-state index in [4.69, 9.17) is 10.2 Å². The van der Waals surface area contributed by atoms with Crippen molar-refractivity contribution in [2.45, 2.75) is 18.3 Å². The Morgan fingerprint density at radius 1 is 1.25 bits per heavy atom. The Kier molecular flexibility index (Phi) is 5.66. The lowest BCUT2D eigenvalue weighted by atomic mass is 10.1. The first-order valence-electron chi connectivity index (χ1n) is 7.61. The molecule has 4 N–H and O–H groups in total. The number of pyridine rings is 1. The van der Waals surface area contributed by atoms with Crippen LogP contribution in [0.5, 0.6) is 0 Å². The van der Waals surface area contributed by atoms with Gasteiger partial charge < -0.3 is 15.5 Å². The Labute approximate surface area is 145 Å². The van der Waals surface area contributed by atoms with Gasteiger partial charge in [0.05, 0.1) is 0 Å². The van der Waals surface area contributed by atoms with Crippen LogP contribution >= 0.6 is 11.8 Å². The van der Waals surface area contributed by atoms with Crippen LogP contribution in [0, 0.1) is 0 Å². The minimum Gasteiger partial charge on any atom is -0.366 e. The maximum Gasteiger partial charge on any atom is 0.171 e. The smallest absolute Gasteiger partial charge is 0.171 e. The minimum absolute atomic E-state index is 0.117. The number of aliphatic hydroxyl groups excluding tert-OH is 1. The topological polar surface area (TPSA) is 77.4 Å². The quantitative estimate of drug-likeness (QED) is 0.603. The molecule has 24 heavy (non-hydrogen) atoms. The summed E-state index contributed by atoms with van der Waals surface area (Å²) in [5.41, 5.74) is 3.34. The van der Waals surface area contributed by atoms with Crippen molar-refractivity contribution in [2.24, 2.45) is 0 Å². The predicted molar refractivity (Wildman–Crippen MR) is 97.3 cm³/mol. The molecule has 3 rings (SSSR count). The van der Waals surface area contributed by atoms with Gasteiger partial charge in [0.1, 0.15) is 5.50 Å². The normalized spacial score (nSPS) is 17.3. The monoisotopic (exact) mass is 341 g/mol. The molecule has 0 saturated heterocycles. The lowest BCUT2D eigenvalue weighted by molar-refractivity contribution is 0.00304.